The lowest BCUT2D eigenvalue weighted by Crippen LogP contribution is -2.44. The second kappa shape index (κ2) is 6.96. The van der Waals surface area contributed by atoms with E-state index in [2.05, 4.69) is 15.0 Å². The number of aromatic nitrogens is 4. The quantitative estimate of drug-likeness (QED) is 0.325. The second-order valence-electron chi connectivity index (χ2n) is 8.42. The number of nitrogens with two attached hydrogens (primary N) is 1. The van der Waals surface area contributed by atoms with Crippen LogP contribution in [0.5, 0.6) is 0 Å². The Labute approximate surface area is 186 Å². The van der Waals surface area contributed by atoms with E-state index >= 15 is 0 Å². The van der Waals surface area contributed by atoms with Gasteiger partial charge in [-0.3, -0.25) is 4.57 Å². The van der Waals surface area contributed by atoms with E-state index in [-0.39, 0.29) is 5.95 Å². The Morgan fingerprint density at radius 3 is 2.70 bits per heavy atom. The Morgan fingerprint density at radius 1 is 1.12 bits per heavy atom. The summed E-state index contributed by atoms with van der Waals surface area (Å²) in [6, 6.07) is 13.5. The van der Waals surface area contributed by atoms with E-state index in [0.29, 0.717) is 28.0 Å². The van der Waals surface area contributed by atoms with Gasteiger partial charge in [-0.05, 0) is 19.1 Å². The van der Waals surface area contributed by atoms with Crippen LogP contribution in [-0.4, -0.2) is 59.3 Å². The van der Waals surface area contributed by atoms with Crippen LogP contribution < -0.4 is 5.73 Å². The third-order valence-corrected chi connectivity index (χ3v) is 6.29. The van der Waals surface area contributed by atoms with Crippen LogP contribution in [0.15, 0.2) is 53.2 Å². The predicted molar refractivity (Wildman–Crippen MR) is 120 cm³/mol. The molecule has 1 saturated heterocycles. The number of rotatable bonds is 3. The van der Waals surface area contributed by atoms with Gasteiger partial charge in [0.25, 0.3) is 0 Å². The molecule has 10 nitrogen and oxygen atoms in total. The molecule has 1 aliphatic heterocycles. The summed E-state index contributed by atoms with van der Waals surface area (Å²) in [5.74, 6) is 0.00395. The molecular formula is C23H21N5O5. The molecule has 1 aliphatic rings. The van der Waals surface area contributed by atoms with Crippen molar-refractivity contribution in [1.82, 2.24) is 19.5 Å². The molecule has 1 unspecified atom stereocenters. The number of furan rings is 1. The molecule has 1 fully saturated rings. The Kier molecular flexibility index (Phi) is 4.23. The maximum absolute atomic E-state index is 10.9. The highest BCUT2D eigenvalue weighted by Crippen LogP contribution is 2.41. The molecule has 10 heteroatoms. The lowest BCUT2D eigenvalue weighted by molar-refractivity contribution is -0.0950. The van der Waals surface area contributed by atoms with E-state index < -0.39 is 30.6 Å². The number of hydrogen-bond acceptors (Lipinski definition) is 9. The second-order valence-corrected chi connectivity index (χ2v) is 8.42. The minimum absolute atomic E-state index is 0.00395. The number of imidazole rings is 1. The monoisotopic (exact) mass is 447 g/mol. The zero-order valence-corrected chi connectivity index (χ0v) is 17.6. The van der Waals surface area contributed by atoms with Crippen molar-refractivity contribution < 1.29 is 24.5 Å². The Morgan fingerprint density at radius 2 is 1.91 bits per heavy atom. The number of benzene rings is 2. The van der Waals surface area contributed by atoms with Crippen molar-refractivity contribution in [2.24, 2.45) is 0 Å². The molecule has 6 rings (SSSR count). The van der Waals surface area contributed by atoms with Crippen LogP contribution in [-0.2, 0) is 4.74 Å². The van der Waals surface area contributed by atoms with Gasteiger partial charge in [-0.25, -0.2) is 9.97 Å². The fourth-order valence-electron chi connectivity index (χ4n) is 4.62. The van der Waals surface area contributed by atoms with Gasteiger partial charge >= 0.3 is 0 Å². The average Bonchev–Trinajstić information content (AvgIpc) is 3.45. The van der Waals surface area contributed by atoms with Gasteiger partial charge in [-0.1, -0.05) is 30.3 Å². The molecule has 3 aromatic heterocycles. The number of fused-ring (bicyclic) bond motifs is 4. The maximum atomic E-state index is 10.9. The van der Waals surface area contributed by atoms with Crippen LogP contribution in [0.4, 0.5) is 5.95 Å². The Hall–Kier alpha value is -3.57. The van der Waals surface area contributed by atoms with Gasteiger partial charge in [0.1, 0.15) is 40.2 Å². The van der Waals surface area contributed by atoms with Crippen molar-refractivity contribution in [3.8, 4) is 11.3 Å². The van der Waals surface area contributed by atoms with Crippen molar-refractivity contribution in [2.75, 3.05) is 12.3 Å². The maximum Gasteiger partial charge on any atom is 0.222 e. The smallest absolute Gasteiger partial charge is 0.222 e. The largest absolute Gasteiger partial charge is 0.455 e. The highest BCUT2D eigenvalue weighted by atomic mass is 16.6. The summed E-state index contributed by atoms with van der Waals surface area (Å²) in [7, 11) is 0. The fourth-order valence-corrected chi connectivity index (χ4v) is 4.62. The number of nitrogen functional groups attached to an aromatic ring is 1. The molecule has 5 N–H and O–H groups in total. The van der Waals surface area contributed by atoms with E-state index in [1.165, 1.54) is 17.8 Å². The molecule has 168 valence electrons. The van der Waals surface area contributed by atoms with Gasteiger partial charge in [0.2, 0.25) is 5.95 Å². The molecule has 5 aromatic rings. The predicted octanol–water partition coefficient (Wildman–Crippen LogP) is 1.98. The molecule has 4 atom stereocenters. The summed E-state index contributed by atoms with van der Waals surface area (Å²) in [6.07, 6.45) is -1.84. The molecule has 33 heavy (non-hydrogen) atoms. The zero-order chi connectivity index (χ0) is 22.9. The Bertz CT molecular complexity index is 1520. The molecule has 0 bridgehead atoms. The van der Waals surface area contributed by atoms with Gasteiger partial charge < -0.3 is 30.2 Å². The summed E-state index contributed by atoms with van der Waals surface area (Å²) in [5, 5.41) is 32.7. The standard InChI is InChI=1S/C23H21N5O5/c1-23(31)19(30)15(9-29)33-21(23)28-10-25-17-16(26-22(24)27-20(17)28)13-7-4-6-12-11-5-2-3-8-14(11)32-18(12)13/h2-8,10,15,19,21,29-31H,9H2,1H3,(H2,24,26,27)/t15-,19-,21?,23-/m1/s1. The minimum atomic E-state index is -1.69. The van der Waals surface area contributed by atoms with Gasteiger partial charge in [-0.2, -0.15) is 4.98 Å². The SMILES string of the molecule is C[C@]1(O)C(n2cnc3c(-c4cccc5c4oc4ccccc45)nc(N)nc32)O[C@H](CO)[C@H]1O. The van der Waals surface area contributed by atoms with Crippen molar-refractivity contribution in [3.05, 3.63) is 48.8 Å². The first-order valence-corrected chi connectivity index (χ1v) is 10.5. The molecule has 0 amide bonds. The Balaban J connectivity index is 1.58. The number of para-hydroxylation sites is 2. The topological polar surface area (TPSA) is 153 Å². The summed E-state index contributed by atoms with van der Waals surface area (Å²) < 4.78 is 13.4. The fraction of sp³-hybridized carbons (Fsp3) is 0.261. The van der Waals surface area contributed by atoms with Crippen LogP contribution in [0.2, 0.25) is 0 Å². The van der Waals surface area contributed by atoms with Crippen molar-refractivity contribution >= 4 is 39.1 Å². The molecule has 0 spiro atoms. The molecular weight excluding hydrogens is 426 g/mol. The molecule has 2 aromatic carbocycles. The van der Waals surface area contributed by atoms with Crippen LogP contribution in [0.3, 0.4) is 0 Å². The van der Waals surface area contributed by atoms with Crippen LogP contribution in [0.25, 0.3) is 44.4 Å². The zero-order valence-electron chi connectivity index (χ0n) is 17.6. The van der Waals surface area contributed by atoms with E-state index in [0.717, 1.165) is 16.4 Å². The number of ether oxygens (including phenoxy) is 1. The van der Waals surface area contributed by atoms with Crippen molar-refractivity contribution in [3.63, 3.8) is 0 Å². The molecule has 0 aliphatic carbocycles. The van der Waals surface area contributed by atoms with Gasteiger partial charge in [-0.15, -0.1) is 0 Å². The van der Waals surface area contributed by atoms with Crippen molar-refractivity contribution in [1.29, 1.82) is 0 Å². The van der Waals surface area contributed by atoms with Crippen LogP contribution >= 0.6 is 0 Å². The third kappa shape index (κ3) is 2.79. The van der Waals surface area contributed by atoms with E-state index in [9.17, 15) is 15.3 Å². The first-order chi connectivity index (χ1) is 15.9. The summed E-state index contributed by atoms with van der Waals surface area (Å²) in [4.78, 5) is 13.3. The van der Waals surface area contributed by atoms with E-state index in [1.54, 1.807) is 0 Å². The van der Waals surface area contributed by atoms with Crippen LogP contribution in [0.1, 0.15) is 13.2 Å². The number of nitrogens with zero attached hydrogens (tertiary/aromatic N) is 4. The number of aliphatic hydroxyl groups is 3. The summed E-state index contributed by atoms with van der Waals surface area (Å²) in [5.41, 5.74) is 7.69. The van der Waals surface area contributed by atoms with Gasteiger partial charge in [0.15, 0.2) is 11.9 Å². The molecule has 4 heterocycles. The van der Waals surface area contributed by atoms with E-state index in [1.807, 2.05) is 42.5 Å². The van der Waals surface area contributed by atoms with Gasteiger partial charge in [0.05, 0.1) is 12.9 Å². The van der Waals surface area contributed by atoms with Gasteiger partial charge in [0, 0.05) is 16.3 Å². The summed E-state index contributed by atoms with van der Waals surface area (Å²) in [6.45, 7) is 0.987. The number of aliphatic hydroxyl groups excluding tert-OH is 2. The lowest BCUT2D eigenvalue weighted by Gasteiger charge is -2.27. The molecule has 0 radical (unpaired) electrons. The number of anilines is 1. The first-order valence-electron chi connectivity index (χ1n) is 10.5. The third-order valence-electron chi connectivity index (χ3n) is 6.29. The normalized spacial score (nSPS) is 25.5. The summed E-state index contributed by atoms with van der Waals surface area (Å²) >= 11 is 0. The van der Waals surface area contributed by atoms with Crippen molar-refractivity contribution in [2.45, 2.75) is 31.0 Å². The minimum Gasteiger partial charge on any atom is -0.455 e. The van der Waals surface area contributed by atoms with Crippen LogP contribution in [0, 0.1) is 0 Å². The highest BCUT2D eigenvalue weighted by molar-refractivity contribution is 6.10. The first kappa shape index (κ1) is 20.1. The lowest BCUT2D eigenvalue weighted by atomic mass is 9.96. The highest BCUT2D eigenvalue weighted by Gasteiger charge is 2.53. The average molecular weight is 447 g/mol. The number of hydrogen-bond donors (Lipinski definition) is 4. The van der Waals surface area contributed by atoms with E-state index in [4.69, 9.17) is 14.9 Å². The molecule has 0 saturated carbocycles.